The number of hydrogen-bond donors (Lipinski definition) is 0. The largest absolute Gasteiger partial charge is 0.393 e. The molecule has 0 aromatic heterocycles. The number of esters is 2. The zero-order valence-electron chi connectivity index (χ0n) is 8.12. The lowest BCUT2D eigenvalue weighted by Crippen LogP contribution is -2.44. The van der Waals surface area contributed by atoms with Gasteiger partial charge in [-0.3, -0.25) is 9.59 Å². The quantitative estimate of drug-likeness (QED) is 0.435. The second-order valence-corrected chi connectivity index (χ2v) is 5.02. The predicted octanol–water partition coefficient (Wildman–Crippen LogP) is 1.66. The Morgan fingerprint density at radius 3 is 2.29 bits per heavy atom. The highest BCUT2D eigenvalue weighted by Gasteiger charge is 2.58. The fourth-order valence-corrected chi connectivity index (χ4v) is 3.64. The summed E-state index contributed by atoms with van der Waals surface area (Å²) < 4.78 is 4.73. The smallest absolute Gasteiger partial charge is 0.320 e. The molecule has 0 N–H and O–H groups in total. The minimum absolute atomic E-state index is 0.225. The molecule has 1 atom stereocenters. The summed E-state index contributed by atoms with van der Waals surface area (Å²) in [5.74, 6) is 0.560. The Kier molecular flexibility index (Phi) is 1.56. The maximum absolute atomic E-state index is 11.7. The highest BCUT2D eigenvalue weighted by Crippen LogP contribution is 2.56. The zero-order valence-corrected chi connectivity index (χ0v) is 8.12. The van der Waals surface area contributed by atoms with E-state index in [1.165, 1.54) is 12.8 Å². The van der Waals surface area contributed by atoms with Gasteiger partial charge in [0.2, 0.25) is 0 Å². The van der Waals surface area contributed by atoms with E-state index in [1.54, 1.807) is 0 Å². The van der Waals surface area contributed by atoms with Crippen LogP contribution < -0.4 is 0 Å². The van der Waals surface area contributed by atoms with Crippen molar-refractivity contribution < 1.29 is 14.3 Å². The SMILES string of the molecule is O=C1CC2(CC3CCC2CC3)C(=O)O1. The first-order chi connectivity index (χ1) is 6.71. The third-order valence-electron chi connectivity index (χ3n) is 4.35. The molecular weight excluding hydrogens is 180 g/mol. The van der Waals surface area contributed by atoms with Crippen molar-refractivity contribution in [3.8, 4) is 0 Å². The Hall–Kier alpha value is -0.860. The van der Waals surface area contributed by atoms with Gasteiger partial charge >= 0.3 is 11.9 Å². The number of cyclic esters (lactones) is 2. The first-order valence-electron chi connectivity index (χ1n) is 5.46. The van der Waals surface area contributed by atoms with Gasteiger partial charge in [0.15, 0.2) is 0 Å². The molecule has 0 amide bonds. The monoisotopic (exact) mass is 194 g/mol. The summed E-state index contributed by atoms with van der Waals surface area (Å²) in [5.41, 5.74) is -0.391. The Morgan fingerprint density at radius 1 is 1.14 bits per heavy atom. The first-order valence-corrected chi connectivity index (χ1v) is 5.46. The Labute approximate surface area is 82.8 Å². The summed E-state index contributed by atoms with van der Waals surface area (Å²) in [6.45, 7) is 0. The van der Waals surface area contributed by atoms with Crippen molar-refractivity contribution in [3.05, 3.63) is 0 Å². The number of hydrogen-bond acceptors (Lipinski definition) is 3. The molecule has 4 aliphatic rings. The van der Waals surface area contributed by atoms with Crippen LogP contribution in [0.25, 0.3) is 0 Å². The van der Waals surface area contributed by atoms with Gasteiger partial charge in [-0.1, -0.05) is 12.8 Å². The number of rotatable bonds is 0. The van der Waals surface area contributed by atoms with E-state index in [4.69, 9.17) is 4.74 Å². The van der Waals surface area contributed by atoms with Crippen LogP contribution in [0.3, 0.4) is 0 Å². The minimum Gasteiger partial charge on any atom is -0.393 e. The second-order valence-electron chi connectivity index (χ2n) is 5.02. The van der Waals surface area contributed by atoms with Gasteiger partial charge in [0.1, 0.15) is 0 Å². The fraction of sp³-hybridized carbons (Fsp3) is 0.818. The van der Waals surface area contributed by atoms with E-state index < -0.39 is 5.41 Å². The van der Waals surface area contributed by atoms with Gasteiger partial charge in [-0.25, -0.2) is 0 Å². The number of carbonyl (C=O) groups excluding carboxylic acids is 2. The van der Waals surface area contributed by atoms with Crippen LogP contribution in [0.5, 0.6) is 0 Å². The minimum atomic E-state index is -0.391. The van der Waals surface area contributed by atoms with E-state index in [2.05, 4.69) is 0 Å². The van der Waals surface area contributed by atoms with Crippen LogP contribution in [-0.4, -0.2) is 11.9 Å². The van der Waals surface area contributed by atoms with Crippen LogP contribution in [0.2, 0.25) is 0 Å². The molecule has 3 heteroatoms. The molecule has 1 heterocycles. The van der Waals surface area contributed by atoms with Gasteiger partial charge in [-0.15, -0.1) is 0 Å². The number of carbonyl (C=O) groups is 2. The van der Waals surface area contributed by atoms with Crippen molar-refractivity contribution >= 4 is 11.9 Å². The molecule has 4 rings (SSSR count). The van der Waals surface area contributed by atoms with Crippen LogP contribution in [0, 0.1) is 17.3 Å². The van der Waals surface area contributed by atoms with Crippen LogP contribution in [0.4, 0.5) is 0 Å². The van der Waals surface area contributed by atoms with Crippen LogP contribution in [-0.2, 0) is 14.3 Å². The van der Waals surface area contributed by atoms with E-state index in [9.17, 15) is 9.59 Å². The molecule has 3 aliphatic carbocycles. The summed E-state index contributed by atoms with van der Waals surface area (Å²) in [6.07, 6.45) is 5.98. The summed E-state index contributed by atoms with van der Waals surface area (Å²) in [5, 5.41) is 0. The van der Waals surface area contributed by atoms with E-state index >= 15 is 0 Å². The summed E-state index contributed by atoms with van der Waals surface area (Å²) in [7, 11) is 0. The van der Waals surface area contributed by atoms with E-state index in [0.717, 1.165) is 19.3 Å². The van der Waals surface area contributed by atoms with Gasteiger partial charge < -0.3 is 4.74 Å². The maximum Gasteiger partial charge on any atom is 0.320 e. The van der Waals surface area contributed by atoms with Crippen LogP contribution >= 0.6 is 0 Å². The van der Waals surface area contributed by atoms with Crippen molar-refractivity contribution in [2.45, 2.75) is 38.5 Å². The average molecular weight is 194 g/mol. The van der Waals surface area contributed by atoms with E-state index in [0.29, 0.717) is 18.3 Å². The van der Waals surface area contributed by atoms with Gasteiger partial charge in [0.25, 0.3) is 0 Å². The second kappa shape index (κ2) is 2.59. The lowest BCUT2D eigenvalue weighted by atomic mass is 9.55. The zero-order chi connectivity index (χ0) is 9.76. The molecule has 0 radical (unpaired) electrons. The molecule has 2 bridgehead atoms. The molecule has 1 unspecified atom stereocenters. The molecule has 1 aliphatic heterocycles. The topological polar surface area (TPSA) is 43.4 Å². The molecule has 3 nitrogen and oxygen atoms in total. The first kappa shape index (κ1) is 8.45. The molecule has 0 aromatic rings. The molecule has 14 heavy (non-hydrogen) atoms. The van der Waals surface area contributed by atoms with Crippen LogP contribution in [0.1, 0.15) is 38.5 Å². The molecule has 4 fully saturated rings. The van der Waals surface area contributed by atoms with Crippen molar-refractivity contribution in [3.63, 3.8) is 0 Å². The highest BCUT2D eigenvalue weighted by molar-refractivity contribution is 5.97. The third-order valence-corrected chi connectivity index (χ3v) is 4.35. The summed E-state index contributed by atoms with van der Waals surface area (Å²) >= 11 is 0. The van der Waals surface area contributed by atoms with Crippen molar-refractivity contribution in [2.75, 3.05) is 0 Å². The molecular formula is C11H14O3. The lowest BCUT2D eigenvalue weighted by molar-refractivity contribution is -0.159. The third kappa shape index (κ3) is 0.928. The molecule has 1 saturated heterocycles. The van der Waals surface area contributed by atoms with Gasteiger partial charge in [0, 0.05) is 0 Å². The molecule has 76 valence electrons. The Morgan fingerprint density at radius 2 is 1.86 bits per heavy atom. The van der Waals surface area contributed by atoms with Gasteiger partial charge in [-0.05, 0) is 31.1 Å². The number of fused-ring (bicyclic) bond motifs is 2. The average Bonchev–Trinajstić information content (AvgIpc) is 2.43. The molecule has 1 spiro atoms. The lowest BCUT2D eigenvalue weighted by Gasteiger charge is -2.46. The Bertz CT molecular complexity index is 302. The maximum atomic E-state index is 11.7. The summed E-state index contributed by atoms with van der Waals surface area (Å²) in [6, 6.07) is 0. The fourth-order valence-electron chi connectivity index (χ4n) is 3.64. The van der Waals surface area contributed by atoms with Crippen molar-refractivity contribution in [1.82, 2.24) is 0 Å². The van der Waals surface area contributed by atoms with Crippen LogP contribution in [0.15, 0.2) is 0 Å². The summed E-state index contributed by atoms with van der Waals surface area (Å²) in [4.78, 5) is 22.9. The van der Waals surface area contributed by atoms with Gasteiger partial charge in [-0.2, -0.15) is 0 Å². The van der Waals surface area contributed by atoms with Gasteiger partial charge in [0.05, 0.1) is 11.8 Å². The number of ether oxygens (including phenoxy) is 1. The van der Waals surface area contributed by atoms with E-state index in [1.807, 2.05) is 0 Å². The normalized spacial score (nSPS) is 46.0. The van der Waals surface area contributed by atoms with Crippen molar-refractivity contribution in [1.29, 1.82) is 0 Å². The highest BCUT2D eigenvalue weighted by atomic mass is 16.6. The molecule has 0 aromatic carbocycles. The van der Waals surface area contributed by atoms with Crippen molar-refractivity contribution in [2.24, 2.45) is 17.3 Å². The molecule has 3 saturated carbocycles. The van der Waals surface area contributed by atoms with E-state index in [-0.39, 0.29) is 11.9 Å². The predicted molar refractivity (Wildman–Crippen MR) is 48.2 cm³/mol. The standard InChI is InChI=1S/C11H14O3/c12-9-6-11(10(13)14-9)5-7-1-3-8(11)4-2-7/h7-8H,1-6H2. The Balaban J connectivity index is 1.96.